The van der Waals surface area contributed by atoms with Gasteiger partial charge in [0.25, 0.3) is 0 Å². The number of para-hydroxylation sites is 1. The molecule has 0 aliphatic carbocycles. The fourth-order valence-electron chi connectivity index (χ4n) is 3.75. The summed E-state index contributed by atoms with van der Waals surface area (Å²) >= 11 is 1.76. The Labute approximate surface area is 164 Å². The van der Waals surface area contributed by atoms with Gasteiger partial charge in [-0.1, -0.05) is 30.7 Å². The largest absolute Gasteiger partial charge is 0.325 e. The van der Waals surface area contributed by atoms with Crippen LogP contribution in [-0.4, -0.2) is 28.9 Å². The molecule has 0 saturated carbocycles. The van der Waals surface area contributed by atoms with Gasteiger partial charge >= 0.3 is 0 Å². The summed E-state index contributed by atoms with van der Waals surface area (Å²) in [5, 5.41) is 4.23. The van der Waals surface area contributed by atoms with Gasteiger partial charge in [-0.25, -0.2) is 4.98 Å². The number of carbonyl (C=O) groups is 1. The number of carbonyl (C=O) groups excluding carboxylic acids is 1. The van der Waals surface area contributed by atoms with Crippen LogP contribution >= 0.6 is 11.3 Å². The number of rotatable bonds is 4. The van der Waals surface area contributed by atoms with Crippen molar-refractivity contribution < 1.29 is 4.79 Å². The van der Waals surface area contributed by atoms with Gasteiger partial charge < -0.3 is 5.32 Å². The van der Waals surface area contributed by atoms with Crippen LogP contribution in [0.5, 0.6) is 0 Å². The summed E-state index contributed by atoms with van der Waals surface area (Å²) in [6.45, 7) is 5.48. The average molecular weight is 380 g/mol. The number of nitrogens with one attached hydrogen (secondary N) is 1. The molecule has 4 rings (SSSR count). The first kappa shape index (κ1) is 18.1. The van der Waals surface area contributed by atoms with E-state index in [2.05, 4.69) is 48.3 Å². The van der Waals surface area contributed by atoms with Crippen molar-refractivity contribution >= 4 is 33.1 Å². The second-order valence-electron chi connectivity index (χ2n) is 7.30. The first-order valence-electron chi connectivity index (χ1n) is 9.57. The summed E-state index contributed by atoms with van der Waals surface area (Å²) in [7, 11) is 0. The third-order valence-corrected chi connectivity index (χ3v) is 6.57. The minimum absolute atomic E-state index is 0.0525. The summed E-state index contributed by atoms with van der Waals surface area (Å²) in [6, 6.07) is 14.5. The first-order valence-corrected chi connectivity index (χ1v) is 10.4. The number of likely N-dealkylation sites (tertiary alicyclic amines) is 1. The van der Waals surface area contributed by atoms with E-state index < -0.39 is 0 Å². The van der Waals surface area contributed by atoms with E-state index in [-0.39, 0.29) is 11.9 Å². The molecule has 1 saturated heterocycles. The van der Waals surface area contributed by atoms with Crippen LogP contribution in [0.2, 0.25) is 0 Å². The van der Waals surface area contributed by atoms with Crippen molar-refractivity contribution in [2.24, 2.45) is 0 Å². The molecular formula is C22H25N3OS. The van der Waals surface area contributed by atoms with E-state index in [0.29, 0.717) is 6.54 Å². The zero-order valence-electron chi connectivity index (χ0n) is 15.9. The van der Waals surface area contributed by atoms with E-state index in [9.17, 15) is 4.79 Å². The lowest BCUT2D eigenvalue weighted by Crippen LogP contribution is -2.39. The second-order valence-corrected chi connectivity index (χ2v) is 8.36. The zero-order chi connectivity index (χ0) is 18.8. The van der Waals surface area contributed by atoms with Gasteiger partial charge in [-0.15, -0.1) is 11.3 Å². The van der Waals surface area contributed by atoms with Crippen molar-refractivity contribution in [3.8, 4) is 0 Å². The van der Waals surface area contributed by atoms with Gasteiger partial charge in [0.2, 0.25) is 5.91 Å². The maximum atomic E-state index is 12.7. The van der Waals surface area contributed by atoms with E-state index in [1.807, 2.05) is 18.2 Å². The van der Waals surface area contributed by atoms with Gasteiger partial charge in [-0.2, -0.15) is 0 Å². The molecule has 1 amide bonds. The first-order chi connectivity index (χ1) is 13.1. The number of hydrogen-bond acceptors (Lipinski definition) is 4. The SMILES string of the molecule is Cc1cccc(NC(=O)CN2CCCC[C@@H]2c2nc3ccccc3s2)c1C. The van der Waals surface area contributed by atoms with Crippen molar-refractivity contribution in [3.05, 3.63) is 58.6 Å². The molecule has 3 aromatic rings. The van der Waals surface area contributed by atoms with Crippen LogP contribution in [0.15, 0.2) is 42.5 Å². The predicted octanol–water partition coefficient (Wildman–Crippen LogP) is 5.08. The molecule has 0 unspecified atom stereocenters. The monoisotopic (exact) mass is 379 g/mol. The predicted molar refractivity (Wildman–Crippen MR) is 112 cm³/mol. The Bertz CT molecular complexity index is 932. The molecule has 1 atom stereocenters. The summed E-state index contributed by atoms with van der Waals surface area (Å²) < 4.78 is 1.22. The molecule has 5 heteroatoms. The minimum Gasteiger partial charge on any atom is -0.325 e. The van der Waals surface area contributed by atoms with E-state index in [1.54, 1.807) is 11.3 Å². The van der Waals surface area contributed by atoms with E-state index in [0.717, 1.165) is 41.2 Å². The smallest absolute Gasteiger partial charge is 0.238 e. The molecule has 1 aromatic heterocycles. The number of aromatic nitrogens is 1. The number of benzene rings is 2. The number of nitrogens with zero attached hydrogens (tertiary/aromatic N) is 2. The van der Waals surface area contributed by atoms with Gasteiger partial charge in [-0.3, -0.25) is 9.69 Å². The summed E-state index contributed by atoms with van der Waals surface area (Å²) in [5.74, 6) is 0.0525. The zero-order valence-corrected chi connectivity index (χ0v) is 16.7. The molecule has 1 fully saturated rings. The molecule has 1 N–H and O–H groups in total. The van der Waals surface area contributed by atoms with Crippen LogP contribution in [0.1, 0.15) is 41.4 Å². The van der Waals surface area contributed by atoms with Crippen molar-refractivity contribution in [1.82, 2.24) is 9.88 Å². The highest BCUT2D eigenvalue weighted by Gasteiger charge is 2.28. The Morgan fingerprint density at radius 2 is 2.04 bits per heavy atom. The number of hydrogen-bond donors (Lipinski definition) is 1. The van der Waals surface area contributed by atoms with E-state index in [1.165, 1.54) is 16.7 Å². The van der Waals surface area contributed by atoms with Crippen molar-refractivity contribution in [3.63, 3.8) is 0 Å². The number of fused-ring (bicyclic) bond motifs is 1. The Balaban J connectivity index is 1.50. The molecule has 2 heterocycles. The normalized spacial score (nSPS) is 17.9. The van der Waals surface area contributed by atoms with Crippen LogP contribution in [0.4, 0.5) is 5.69 Å². The van der Waals surface area contributed by atoms with Gasteiger partial charge in [0.05, 0.1) is 22.8 Å². The van der Waals surface area contributed by atoms with Crippen LogP contribution in [0, 0.1) is 13.8 Å². The number of piperidine rings is 1. The lowest BCUT2D eigenvalue weighted by molar-refractivity contribution is -0.118. The van der Waals surface area contributed by atoms with E-state index in [4.69, 9.17) is 4.98 Å². The molecule has 2 aromatic carbocycles. The third kappa shape index (κ3) is 3.89. The van der Waals surface area contributed by atoms with Crippen LogP contribution < -0.4 is 5.32 Å². The fraction of sp³-hybridized carbons (Fsp3) is 0.364. The highest BCUT2D eigenvalue weighted by molar-refractivity contribution is 7.18. The molecule has 140 valence electrons. The number of aryl methyl sites for hydroxylation is 1. The van der Waals surface area contributed by atoms with Crippen LogP contribution in [-0.2, 0) is 4.79 Å². The summed E-state index contributed by atoms with van der Waals surface area (Å²) in [5.41, 5.74) is 4.29. The number of amides is 1. The Kier molecular flexibility index (Phi) is 5.23. The Morgan fingerprint density at radius 3 is 2.89 bits per heavy atom. The summed E-state index contributed by atoms with van der Waals surface area (Å²) in [4.78, 5) is 19.9. The fourth-order valence-corrected chi connectivity index (χ4v) is 4.89. The van der Waals surface area contributed by atoms with Gasteiger partial charge in [0.15, 0.2) is 0 Å². The van der Waals surface area contributed by atoms with Gasteiger partial charge in [-0.05, 0) is 62.6 Å². The standard InChI is InChI=1S/C22H25N3OS/c1-15-8-7-10-17(16(15)2)23-21(26)14-25-13-6-5-11-19(25)22-24-18-9-3-4-12-20(18)27-22/h3-4,7-10,12,19H,5-6,11,13-14H2,1-2H3,(H,23,26)/t19-/m1/s1. The second kappa shape index (κ2) is 7.79. The molecule has 0 spiro atoms. The molecule has 0 radical (unpaired) electrons. The van der Waals surface area contributed by atoms with Crippen molar-refractivity contribution in [2.75, 3.05) is 18.4 Å². The average Bonchev–Trinajstić information content (AvgIpc) is 3.10. The number of anilines is 1. The van der Waals surface area contributed by atoms with Gasteiger partial charge in [0.1, 0.15) is 5.01 Å². The maximum absolute atomic E-state index is 12.7. The van der Waals surface area contributed by atoms with Crippen LogP contribution in [0.25, 0.3) is 10.2 Å². The number of thiazole rings is 1. The lowest BCUT2D eigenvalue weighted by Gasteiger charge is -2.33. The quantitative estimate of drug-likeness (QED) is 0.688. The molecular weight excluding hydrogens is 354 g/mol. The van der Waals surface area contributed by atoms with E-state index >= 15 is 0 Å². The molecule has 1 aliphatic rings. The summed E-state index contributed by atoms with van der Waals surface area (Å²) in [6.07, 6.45) is 3.39. The van der Waals surface area contributed by atoms with Gasteiger partial charge in [0, 0.05) is 5.69 Å². The molecule has 1 aliphatic heterocycles. The molecule has 27 heavy (non-hydrogen) atoms. The molecule has 4 nitrogen and oxygen atoms in total. The van der Waals surface area contributed by atoms with Crippen LogP contribution in [0.3, 0.4) is 0 Å². The van der Waals surface area contributed by atoms with Crippen molar-refractivity contribution in [1.29, 1.82) is 0 Å². The maximum Gasteiger partial charge on any atom is 0.238 e. The third-order valence-electron chi connectivity index (χ3n) is 5.43. The highest BCUT2D eigenvalue weighted by Crippen LogP contribution is 2.35. The topological polar surface area (TPSA) is 45.2 Å². The lowest BCUT2D eigenvalue weighted by atomic mass is 10.0. The molecule has 0 bridgehead atoms. The Morgan fingerprint density at radius 1 is 1.19 bits per heavy atom. The van der Waals surface area contributed by atoms with Crippen molar-refractivity contribution in [2.45, 2.75) is 39.2 Å². The Hall–Kier alpha value is -2.24. The highest BCUT2D eigenvalue weighted by atomic mass is 32.1. The minimum atomic E-state index is 0.0525.